The van der Waals surface area contributed by atoms with Gasteiger partial charge in [-0.1, -0.05) is 18.2 Å². The third-order valence-corrected chi connectivity index (χ3v) is 5.60. The first-order chi connectivity index (χ1) is 9.24. The number of halogens is 2. The number of rotatable bonds is 3. The summed E-state index contributed by atoms with van der Waals surface area (Å²) in [4.78, 5) is 1.85. The molecule has 4 heteroatoms. The first-order valence-corrected chi connectivity index (χ1v) is 8.01. The zero-order valence-electron chi connectivity index (χ0n) is 10.1. The van der Waals surface area contributed by atoms with Crippen molar-refractivity contribution in [3.63, 3.8) is 0 Å². The molecule has 0 N–H and O–H groups in total. The van der Waals surface area contributed by atoms with Crippen molar-refractivity contribution in [1.82, 2.24) is 0 Å². The Bertz CT molecular complexity index is 598. The van der Waals surface area contributed by atoms with Crippen molar-refractivity contribution < 1.29 is 8.78 Å². The van der Waals surface area contributed by atoms with E-state index in [1.54, 1.807) is 0 Å². The SMILES string of the molecule is Fc1ccc(SCC2CSc3ccccc32)c(F)c1. The van der Waals surface area contributed by atoms with E-state index in [4.69, 9.17) is 0 Å². The molecule has 1 heterocycles. The summed E-state index contributed by atoms with van der Waals surface area (Å²) in [6, 6.07) is 12.1. The van der Waals surface area contributed by atoms with E-state index in [0.29, 0.717) is 10.8 Å². The zero-order valence-corrected chi connectivity index (χ0v) is 11.7. The van der Waals surface area contributed by atoms with E-state index in [-0.39, 0.29) is 0 Å². The van der Waals surface area contributed by atoms with Crippen LogP contribution in [0.25, 0.3) is 0 Å². The number of benzene rings is 2. The molecule has 0 fully saturated rings. The Labute approximate surface area is 119 Å². The molecule has 1 unspecified atom stereocenters. The minimum Gasteiger partial charge on any atom is -0.207 e. The third-order valence-electron chi connectivity index (χ3n) is 3.13. The van der Waals surface area contributed by atoms with Gasteiger partial charge in [-0.05, 0) is 23.8 Å². The molecule has 1 aliphatic heterocycles. The van der Waals surface area contributed by atoms with Gasteiger partial charge in [-0.25, -0.2) is 8.78 Å². The van der Waals surface area contributed by atoms with Crippen molar-refractivity contribution in [3.8, 4) is 0 Å². The molecule has 2 aromatic carbocycles. The molecule has 0 spiro atoms. The van der Waals surface area contributed by atoms with Crippen LogP contribution in [0.2, 0.25) is 0 Å². The van der Waals surface area contributed by atoms with E-state index in [1.165, 1.54) is 34.4 Å². The second kappa shape index (κ2) is 5.55. The summed E-state index contributed by atoms with van der Waals surface area (Å²) >= 11 is 3.31. The lowest BCUT2D eigenvalue weighted by Gasteiger charge is -2.10. The molecule has 0 radical (unpaired) electrons. The van der Waals surface area contributed by atoms with Gasteiger partial charge in [0.15, 0.2) is 0 Å². The zero-order chi connectivity index (χ0) is 13.2. The number of thioether (sulfide) groups is 2. The fourth-order valence-corrected chi connectivity index (χ4v) is 4.59. The summed E-state index contributed by atoms with van der Waals surface area (Å²) in [5.41, 5.74) is 1.35. The van der Waals surface area contributed by atoms with E-state index in [9.17, 15) is 8.78 Å². The third kappa shape index (κ3) is 2.79. The maximum Gasteiger partial charge on any atom is 0.139 e. The summed E-state index contributed by atoms with van der Waals surface area (Å²) in [5.74, 6) is 1.31. The van der Waals surface area contributed by atoms with Crippen LogP contribution in [0.1, 0.15) is 11.5 Å². The predicted octanol–water partition coefficient (Wildman–Crippen LogP) is 4.95. The Morgan fingerprint density at radius 1 is 1.16 bits per heavy atom. The van der Waals surface area contributed by atoms with Gasteiger partial charge in [0.2, 0.25) is 0 Å². The molecule has 19 heavy (non-hydrogen) atoms. The highest BCUT2D eigenvalue weighted by atomic mass is 32.2. The molecular formula is C15H12F2S2. The standard InChI is InChI=1S/C15H12F2S2/c16-11-5-6-15(13(17)7-11)19-9-10-8-18-14-4-2-1-3-12(10)14/h1-7,10H,8-9H2. The van der Waals surface area contributed by atoms with Crippen LogP contribution >= 0.6 is 23.5 Å². The summed E-state index contributed by atoms with van der Waals surface area (Å²) in [5, 5.41) is 0. The van der Waals surface area contributed by atoms with Gasteiger partial charge >= 0.3 is 0 Å². The molecule has 0 nitrogen and oxygen atoms in total. The molecule has 0 aliphatic carbocycles. The monoisotopic (exact) mass is 294 g/mol. The highest BCUT2D eigenvalue weighted by Crippen LogP contribution is 2.41. The highest BCUT2D eigenvalue weighted by molar-refractivity contribution is 8.00. The lowest BCUT2D eigenvalue weighted by atomic mass is 10.0. The second-order valence-electron chi connectivity index (χ2n) is 4.43. The molecule has 0 aromatic heterocycles. The maximum absolute atomic E-state index is 13.6. The normalized spacial score (nSPS) is 17.5. The Morgan fingerprint density at radius 2 is 2.00 bits per heavy atom. The van der Waals surface area contributed by atoms with Gasteiger partial charge in [0.05, 0.1) is 0 Å². The van der Waals surface area contributed by atoms with E-state index in [2.05, 4.69) is 12.1 Å². The fraction of sp³-hybridized carbons (Fsp3) is 0.200. The smallest absolute Gasteiger partial charge is 0.139 e. The quantitative estimate of drug-likeness (QED) is 0.735. The van der Waals surface area contributed by atoms with Crippen molar-refractivity contribution in [2.24, 2.45) is 0 Å². The van der Waals surface area contributed by atoms with Gasteiger partial charge in [0, 0.05) is 33.3 Å². The molecule has 0 bridgehead atoms. The Hall–Kier alpha value is -1.00. The van der Waals surface area contributed by atoms with Gasteiger partial charge in [0.1, 0.15) is 11.6 Å². The largest absolute Gasteiger partial charge is 0.207 e. The van der Waals surface area contributed by atoms with Crippen LogP contribution in [0.15, 0.2) is 52.3 Å². The number of hydrogen-bond donors (Lipinski definition) is 0. The second-order valence-corrected chi connectivity index (χ2v) is 6.56. The number of fused-ring (bicyclic) bond motifs is 1. The van der Waals surface area contributed by atoms with Crippen molar-refractivity contribution >= 4 is 23.5 Å². The molecule has 1 atom stereocenters. The predicted molar refractivity (Wildman–Crippen MR) is 77.0 cm³/mol. The van der Waals surface area contributed by atoms with Crippen LogP contribution in [0.3, 0.4) is 0 Å². The van der Waals surface area contributed by atoms with Gasteiger partial charge in [-0.15, -0.1) is 23.5 Å². The lowest BCUT2D eigenvalue weighted by molar-refractivity contribution is 0.565. The van der Waals surface area contributed by atoms with Crippen LogP contribution in [-0.2, 0) is 0 Å². The molecule has 0 saturated carbocycles. The Morgan fingerprint density at radius 3 is 2.84 bits per heavy atom. The van der Waals surface area contributed by atoms with Gasteiger partial charge in [-0.2, -0.15) is 0 Å². The van der Waals surface area contributed by atoms with Gasteiger partial charge in [0.25, 0.3) is 0 Å². The topological polar surface area (TPSA) is 0 Å². The number of hydrogen-bond acceptors (Lipinski definition) is 2. The average molecular weight is 294 g/mol. The van der Waals surface area contributed by atoms with Crippen LogP contribution in [0.4, 0.5) is 8.78 Å². The summed E-state index contributed by atoms with van der Waals surface area (Å²) in [6.07, 6.45) is 0. The fourth-order valence-electron chi connectivity index (χ4n) is 2.15. The Balaban J connectivity index is 1.71. The molecule has 98 valence electrons. The van der Waals surface area contributed by atoms with Crippen LogP contribution < -0.4 is 0 Å². The van der Waals surface area contributed by atoms with E-state index in [1.807, 2.05) is 23.9 Å². The van der Waals surface area contributed by atoms with E-state index in [0.717, 1.165) is 17.6 Å². The maximum atomic E-state index is 13.6. The first kappa shape index (κ1) is 13.0. The summed E-state index contributed by atoms with van der Waals surface area (Å²) in [6.45, 7) is 0. The van der Waals surface area contributed by atoms with Crippen LogP contribution in [0, 0.1) is 11.6 Å². The molecule has 1 aliphatic rings. The molecule has 0 amide bonds. The van der Waals surface area contributed by atoms with E-state index < -0.39 is 11.6 Å². The Kier molecular flexibility index (Phi) is 3.80. The van der Waals surface area contributed by atoms with E-state index >= 15 is 0 Å². The summed E-state index contributed by atoms with van der Waals surface area (Å²) < 4.78 is 26.4. The summed E-state index contributed by atoms with van der Waals surface area (Å²) in [7, 11) is 0. The van der Waals surface area contributed by atoms with Crippen molar-refractivity contribution in [2.75, 3.05) is 11.5 Å². The van der Waals surface area contributed by atoms with Gasteiger partial charge < -0.3 is 0 Å². The van der Waals surface area contributed by atoms with Gasteiger partial charge in [-0.3, -0.25) is 0 Å². The van der Waals surface area contributed by atoms with Crippen LogP contribution in [-0.4, -0.2) is 11.5 Å². The minimum absolute atomic E-state index is 0.440. The lowest BCUT2D eigenvalue weighted by Crippen LogP contribution is -2.00. The van der Waals surface area contributed by atoms with Crippen molar-refractivity contribution in [1.29, 1.82) is 0 Å². The average Bonchev–Trinajstić information content (AvgIpc) is 2.81. The minimum atomic E-state index is -0.524. The first-order valence-electron chi connectivity index (χ1n) is 6.03. The molecule has 2 aromatic rings. The van der Waals surface area contributed by atoms with Crippen molar-refractivity contribution in [3.05, 3.63) is 59.7 Å². The van der Waals surface area contributed by atoms with Crippen molar-refractivity contribution in [2.45, 2.75) is 15.7 Å². The van der Waals surface area contributed by atoms with Crippen LogP contribution in [0.5, 0.6) is 0 Å². The molecule has 0 saturated heterocycles. The molecule has 3 rings (SSSR count). The highest BCUT2D eigenvalue weighted by Gasteiger charge is 2.22. The molecular weight excluding hydrogens is 282 g/mol.